The van der Waals surface area contributed by atoms with E-state index >= 15 is 0 Å². The molecule has 2 aromatic heterocycles. The van der Waals surface area contributed by atoms with Gasteiger partial charge in [-0.25, -0.2) is 4.98 Å². The Bertz CT molecular complexity index is 840. The smallest absolute Gasteiger partial charge is 0.264 e. The van der Waals surface area contributed by atoms with Gasteiger partial charge in [0.2, 0.25) is 5.91 Å². The quantitative estimate of drug-likeness (QED) is 0.848. The molecule has 2 aliphatic rings. The molecule has 1 saturated heterocycles. The molecule has 1 aliphatic heterocycles. The molecule has 0 spiro atoms. The van der Waals surface area contributed by atoms with Crippen molar-refractivity contribution in [2.24, 2.45) is 18.9 Å². The fourth-order valence-corrected chi connectivity index (χ4v) is 4.43. The number of carbonyl (C=O) groups excluding carboxylic acids is 1. The third kappa shape index (κ3) is 3.07. The van der Waals surface area contributed by atoms with Gasteiger partial charge in [-0.1, -0.05) is 19.3 Å². The van der Waals surface area contributed by atoms with E-state index in [0.29, 0.717) is 29.9 Å². The summed E-state index contributed by atoms with van der Waals surface area (Å²) in [5.74, 6) is 1.65. The van der Waals surface area contributed by atoms with Crippen LogP contribution in [0.15, 0.2) is 17.3 Å². The topological polar surface area (TPSA) is 73.0 Å². The van der Waals surface area contributed by atoms with Crippen molar-refractivity contribution < 1.29 is 4.79 Å². The first-order valence-corrected chi connectivity index (χ1v) is 9.28. The summed E-state index contributed by atoms with van der Waals surface area (Å²) in [6.07, 6.45) is 9.79. The van der Waals surface area contributed by atoms with Gasteiger partial charge in [0.1, 0.15) is 5.39 Å². The summed E-state index contributed by atoms with van der Waals surface area (Å²) in [5.41, 5.74) is 0.448. The zero-order valence-electron chi connectivity index (χ0n) is 14.7. The Balaban J connectivity index is 1.40. The highest BCUT2D eigenvalue weighted by Gasteiger charge is 2.32. The third-order valence-corrected chi connectivity index (χ3v) is 5.93. The molecule has 3 heterocycles. The lowest BCUT2D eigenvalue weighted by Crippen LogP contribution is -2.45. The van der Waals surface area contributed by atoms with Crippen LogP contribution in [0.5, 0.6) is 0 Å². The molecule has 0 N–H and O–H groups in total. The molecule has 0 bridgehead atoms. The van der Waals surface area contributed by atoms with E-state index < -0.39 is 0 Å². The molecule has 7 heteroatoms. The number of likely N-dealkylation sites (tertiary alicyclic amines) is 1. The molecule has 0 aromatic carbocycles. The second-order valence-corrected chi connectivity index (χ2v) is 7.43. The number of aryl methyl sites for hydroxylation is 2. The highest BCUT2D eigenvalue weighted by Crippen LogP contribution is 2.36. The van der Waals surface area contributed by atoms with Crippen LogP contribution in [-0.4, -0.2) is 43.2 Å². The van der Waals surface area contributed by atoms with Crippen LogP contribution in [0.2, 0.25) is 0 Å². The maximum Gasteiger partial charge on any atom is 0.264 e. The van der Waals surface area contributed by atoms with Crippen molar-refractivity contribution in [3.05, 3.63) is 22.9 Å². The number of amides is 1. The van der Waals surface area contributed by atoms with Crippen LogP contribution in [0.1, 0.15) is 38.5 Å². The van der Waals surface area contributed by atoms with Crippen molar-refractivity contribution in [2.45, 2.75) is 45.1 Å². The lowest BCUT2D eigenvalue weighted by atomic mass is 9.75. The normalized spacial score (nSPS) is 23.6. The van der Waals surface area contributed by atoms with Crippen LogP contribution in [0.3, 0.4) is 0 Å². The van der Waals surface area contributed by atoms with Crippen LogP contribution >= 0.6 is 0 Å². The molecular formula is C18H25N5O2. The maximum absolute atomic E-state index is 12.6. The van der Waals surface area contributed by atoms with Crippen molar-refractivity contribution in [3.63, 3.8) is 0 Å². The Labute approximate surface area is 146 Å². The van der Waals surface area contributed by atoms with Gasteiger partial charge in [0, 0.05) is 33.1 Å². The van der Waals surface area contributed by atoms with Gasteiger partial charge in [-0.15, -0.1) is 0 Å². The number of piperidine rings is 1. The number of fused-ring (bicyclic) bond motifs is 2. The van der Waals surface area contributed by atoms with Gasteiger partial charge < -0.3 is 4.90 Å². The van der Waals surface area contributed by atoms with Crippen LogP contribution in [0, 0.1) is 11.8 Å². The molecule has 4 rings (SSSR count). The van der Waals surface area contributed by atoms with Crippen molar-refractivity contribution in [1.29, 1.82) is 0 Å². The van der Waals surface area contributed by atoms with E-state index in [1.165, 1.54) is 42.8 Å². The van der Waals surface area contributed by atoms with Crippen molar-refractivity contribution in [2.75, 3.05) is 13.1 Å². The SMILES string of the molecule is Cn1ncc2c(=O)n(CCC(=O)N3CC[C@@H]4CCCC[C@@H]4C3)cnc21. The van der Waals surface area contributed by atoms with E-state index in [4.69, 9.17) is 0 Å². The third-order valence-electron chi connectivity index (χ3n) is 5.93. The Morgan fingerprint density at radius 1 is 1.24 bits per heavy atom. The first-order chi connectivity index (χ1) is 12.1. The second kappa shape index (κ2) is 6.61. The number of carbonyl (C=O) groups is 1. The minimum absolute atomic E-state index is 0.128. The van der Waals surface area contributed by atoms with Crippen molar-refractivity contribution >= 4 is 16.9 Å². The van der Waals surface area contributed by atoms with Crippen LogP contribution < -0.4 is 5.56 Å². The fourth-order valence-electron chi connectivity index (χ4n) is 4.43. The number of nitrogens with zero attached hydrogens (tertiary/aromatic N) is 5. The Kier molecular flexibility index (Phi) is 4.31. The van der Waals surface area contributed by atoms with Gasteiger partial charge in [0.15, 0.2) is 5.65 Å². The molecule has 2 atom stereocenters. The molecule has 2 fully saturated rings. The van der Waals surface area contributed by atoms with Crippen LogP contribution in [0.25, 0.3) is 11.0 Å². The summed E-state index contributed by atoms with van der Waals surface area (Å²) in [7, 11) is 1.76. The van der Waals surface area contributed by atoms with Gasteiger partial charge in [0.05, 0.1) is 12.5 Å². The largest absolute Gasteiger partial charge is 0.342 e. The summed E-state index contributed by atoms with van der Waals surface area (Å²) in [6, 6.07) is 0. The Hall–Kier alpha value is -2.18. The molecule has 25 heavy (non-hydrogen) atoms. The molecule has 134 valence electrons. The summed E-state index contributed by atoms with van der Waals surface area (Å²) >= 11 is 0. The van der Waals surface area contributed by atoms with E-state index in [1.807, 2.05) is 4.90 Å². The van der Waals surface area contributed by atoms with Gasteiger partial charge in [-0.2, -0.15) is 5.10 Å². The van der Waals surface area contributed by atoms with Crippen molar-refractivity contribution in [1.82, 2.24) is 24.2 Å². The molecule has 1 saturated carbocycles. The molecule has 0 unspecified atom stereocenters. The summed E-state index contributed by atoms with van der Waals surface area (Å²) in [4.78, 5) is 31.4. The summed E-state index contributed by atoms with van der Waals surface area (Å²) in [6.45, 7) is 2.15. The average Bonchev–Trinajstić information content (AvgIpc) is 3.02. The monoisotopic (exact) mass is 343 g/mol. The molecular weight excluding hydrogens is 318 g/mol. The first-order valence-electron chi connectivity index (χ1n) is 9.28. The first kappa shape index (κ1) is 16.3. The molecule has 0 radical (unpaired) electrons. The lowest BCUT2D eigenvalue weighted by molar-refractivity contribution is -0.134. The average molecular weight is 343 g/mol. The van der Waals surface area contributed by atoms with E-state index in [-0.39, 0.29) is 11.5 Å². The van der Waals surface area contributed by atoms with E-state index in [2.05, 4.69) is 10.1 Å². The predicted molar refractivity (Wildman–Crippen MR) is 94.0 cm³/mol. The van der Waals surface area contributed by atoms with Gasteiger partial charge >= 0.3 is 0 Å². The maximum atomic E-state index is 12.6. The number of rotatable bonds is 3. The van der Waals surface area contributed by atoms with Gasteiger partial charge in [-0.05, 0) is 24.7 Å². The fraction of sp³-hybridized carbons (Fsp3) is 0.667. The second-order valence-electron chi connectivity index (χ2n) is 7.43. The number of aromatic nitrogens is 4. The molecule has 2 aromatic rings. The Morgan fingerprint density at radius 3 is 2.88 bits per heavy atom. The number of hydrogen-bond acceptors (Lipinski definition) is 4. The summed E-state index contributed by atoms with van der Waals surface area (Å²) in [5, 5.41) is 4.57. The summed E-state index contributed by atoms with van der Waals surface area (Å²) < 4.78 is 3.11. The van der Waals surface area contributed by atoms with Crippen molar-refractivity contribution in [3.8, 4) is 0 Å². The standard InChI is InChI=1S/C18H25N5O2/c1-21-17-15(10-20-21)18(25)23(12-19-17)9-7-16(24)22-8-6-13-4-2-3-5-14(13)11-22/h10,12-14H,2-9,11H2,1H3/t13-,14+/m0/s1. The predicted octanol–water partition coefficient (Wildman–Crippen LogP) is 1.56. The van der Waals surface area contributed by atoms with Gasteiger partial charge in [0.25, 0.3) is 5.56 Å². The molecule has 1 amide bonds. The van der Waals surface area contributed by atoms with Crippen LogP contribution in [-0.2, 0) is 18.4 Å². The zero-order chi connectivity index (χ0) is 17.4. The minimum Gasteiger partial charge on any atom is -0.342 e. The lowest BCUT2D eigenvalue weighted by Gasteiger charge is -2.41. The van der Waals surface area contributed by atoms with E-state index in [0.717, 1.165) is 25.4 Å². The minimum atomic E-state index is -0.128. The zero-order valence-corrected chi connectivity index (χ0v) is 14.7. The highest BCUT2D eigenvalue weighted by atomic mass is 16.2. The number of hydrogen-bond donors (Lipinski definition) is 0. The highest BCUT2D eigenvalue weighted by molar-refractivity contribution is 5.76. The van der Waals surface area contributed by atoms with E-state index in [9.17, 15) is 9.59 Å². The van der Waals surface area contributed by atoms with E-state index in [1.54, 1.807) is 11.7 Å². The molecule has 1 aliphatic carbocycles. The van der Waals surface area contributed by atoms with Crippen LogP contribution in [0.4, 0.5) is 0 Å². The Morgan fingerprint density at radius 2 is 2.04 bits per heavy atom. The molecule has 7 nitrogen and oxygen atoms in total. The van der Waals surface area contributed by atoms with Gasteiger partial charge in [-0.3, -0.25) is 18.8 Å².